The summed E-state index contributed by atoms with van der Waals surface area (Å²) in [5.74, 6) is 0.731. The lowest BCUT2D eigenvalue weighted by Crippen LogP contribution is -2.35. The van der Waals surface area contributed by atoms with Gasteiger partial charge >= 0.3 is 0 Å². The predicted molar refractivity (Wildman–Crippen MR) is 79.1 cm³/mol. The smallest absolute Gasteiger partial charge is 0.119 e. The summed E-state index contributed by atoms with van der Waals surface area (Å²) in [5, 5.41) is 13.7. The Hall–Kier alpha value is -0.810. The van der Waals surface area contributed by atoms with Crippen molar-refractivity contribution >= 4 is 11.6 Å². The minimum atomic E-state index is -0.516. The first kappa shape index (κ1) is 16.2. The van der Waals surface area contributed by atoms with Gasteiger partial charge in [0.05, 0.1) is 0 Å². The lowest BCUT2D eigenvalue weighted by atomic mass is 10.2. The van der Waals surface area contributed by atoms with Crippen LogP contribution in [0.4, 0.5) is 0 Å². The first-order chi connectivity index (χ1) is 8.99. The highest BCUT2D eigenvalue weighted by Gasteiger charge is 2.05. The minimum Gasteiger partial charge on any atom is -0.491 e. The van der Waals surface area contributed by atoms with Crippen LogP contribution in [0.25, 0.3) is 0 Å². The molecule has 1 atom stereocenters. The molecule has 4 nitrogen and oxygen atoms in total. The third kappa shape index (κ3) is 6.78. The fourth-order valence-corrected chi connectivity index (χ4v) is 1.65. The van der Waals surface area contributed by atoms with E-state index in [-0.39, 0.29) is 6.61 Å². The summed E-state index contributed by atoms with van der Waals surface area (Å²) in [7, 11) is 4.04. The fraction of sp³-hybridized carbons (Fsp3) is 0.571. The van der Waals surface area contributed by atoms with Crippen LogP contribution in [0.5, 0.6) is 5.75 Å². The van der Waals surface area contributed by atoms with Crippen LogP contribution < -0.4 is 10.1 Å². The highest BCUT2D eigenvalue weighted by atomic mass is 35.5. The molecule has 1 unspecified atom stereocenters. The average molecular weight is 287 g/mol. The molecule has 2 N–H and O–H groups in total. The zero-order valence-electron chi connectivity index (χ0n) is 11.8. The standard InChI is InChI=1S/C14H23ClN2O2/c1-11-8-13(4-5-14(11)15)19-10-12(18)9-16-6-7-17(2)3/h4-5,8,12,16,18H,6-7,9-10H2,1-3H3. The molecule has 19 heavy (non-hydrogen) atoms. The predicted octanol–water partition coefficient (Wildman–Crippen LogP) is 1.54. The quantitative estimate of drug-likeness (QED) is 0.712. The molecule has 0 radical (unpaired) electrons. The van der Waals surface area contributed by atoms with Crippen LogP contribution in [0.2, 0.25) is 5.02 Å². The molecule has 0 fully saturated rings. The zero-order chi connectivity index (χ0) is 14.3. The summed E-state index contributed by atoms with van der Waals surface area (Å²) < 4.78 is 5.52. The van der Waals surface area contributed by atoms with E-state index in [2.05, 4.69) is 10.2 Å². The summed E-state index contributed by atoms with van der Waals surface area (Å²) in [6.07, 6.45) is -0.516. The molecule has 1 aromatic rings. The SMILES string of the molecule is Cc1cc(OCC(O)CNCCN(C)C)ccc1Cl. The molecule has 0 spiro atoms. The topological polar surface area (TPSA) is 44.7 Å². The monoisotopic (exact) mass is 286 g/mol. The maximum absolute atomic E-state index is 9.77. The number of likely N-dealkylation sites (N-methyl/N-ethyl adjacent to an activating group) is 1. The molecule has 0 amide bonds. The number of halogens is 1. The Bertz CT molecular complexity index is 386. The summed E-state index contributed by atoms with van der Waals surface area (Å²) in [4.78, 5) is 2.09. The molecular formula is C14H23ClN2O2. The van der Waals surface area contributed by atoms with Gasteiger partial charge in [-0.05, 0) is 44.8 Å². The van der Waals surface area contributed by atoms with Crippen molar-refractivity contribution in [2.75, 3.05) is 40.3 Å². The van der Waals surface area contributed by atoms with Gasteiger partial charge in [0, 0.05) is 24.7 Å². The van der Waals surface area contributed by atoms with Gasteiger partial charge in [-0.25, -0.2) is 0 Å². The molecule has 0 aliphatic carbocycles. The van der Waals surface area contributed by atoms with Gasteiger partial charge in [-0.2, -0.15) is 0 Å². The molecule has 0 aliphatic rings. The number of rotatable bonds is 8. The van der Waals surface area contributed by atoms with E-state index in [0.29, 0.717) is 6.54 Å². The third-order valence-corrected chi connectivity index (χ3v) is 3.11. The molecule has 0 saturated carbocycles. The fourth-order valence-electron chi connectivity index (χ4n) is 1.53. The van der Waals surface area contributed by atoms with Gasteiger partial charge in [-0.15, -0.1) is 0 Å². The van der Waals surface area contributed by atoms with E-state index in [9.17, 15) is 5.11 Å². The number of aliphatic hydroxyl groups excluding tert-OH is 1. The number of hydrogen-bond acceptors (Lipinski definition) is 4. The van der Waals surface area contributed by atoms with Crippen molar-refractivity contribution in [1.82, 2.24) is 10.2 Å². The average Bonchev–Trinajstić information content (AvgIpc) is 2.36. The number of ether oxygens (including phenoxy) is 1. The molecule has 1 rings (SSSR count). The summed E-state index contributed by atoms with van der Waals surface area (Å²) >= 11 is 5.93. The van der Waals surface area contributed by atoms with Crippen molar-refractivity contribution in [2.45, 2.75) is 13.0 Å². The largest absolute Gasteiger partial charge is 0.491 e. The third-order valence-electron chi connectivity index (χ3n) is 2.69. The molecule has 0 bridgehead atoms. The highest BCUT2D eigenvalue weighted by Crippen LogP contribution is 2.20. The van der Waals surface area contributed by atoms with E-state index >= 15 is 0 Å². The number of aryl methyl sites for hydroxylation is 1. The van der Waals surface area contributed by atoms with Crippen LogP contribution in [-0.2, 0) is 0 Å². The van der Waals surface area contributed by atoms with Crippen LogP contribution >= 0.6 is 11.6 Å². The first-order valence-electron chi connectivity index (χ1n) is 6.41. The van der Waals surface area contributed by atoms with Gasteiger partial charge in [0.2, 0.25) is 0 Å². The second-order valence-corrected chi connectivity index (χ2v) is 5.29. The van der Waals surface area contributed by atoms with Crippen molar-refractivity contribution in [2.24, 2.45) is 0 Å². The van der Waals surface area contributed by atoms with Gasteiger partial charge in [0.1, 0.15) is 18.5 Å². The Morgan fingerprint density at radius 1 is 1.42 bits per heavy atom. The van der Waals surface area contributed by atoms with Crippen LogP contribution in [-0.4, -0.2) is 56.4 Å². The molecule has 0 saturated heterocycles. The van der Waals surface area contributed by atoms with Crippen molar-refractivity contribution in [3.63, 3.8) is 0 Å². The van der Waals surface area contributed by atoms with E-state index in [1.54, 1.807) is 6.07 Å². The van der Waals surface area contributed by atoms with Crippen molar-refractivity contribution in [3.8, 4) is 5.75 Å². The first-order valence-corrected chi connectivity index (χ1v) is 6.79. The van der Waals surface area contributed by atoms with E-state index in [4.69, 9.17) is 16.3 Å². The van der Waals surface area contributed by atoms with Gasteiger partial charge < -0.3 is 20.1 Å². The lowest BCUT2D eigenvalue weighted by Gasteiger charge is -2.15. The Morgan fingerprint density at radius 2 is 2.16 bits per heavy atom. The number of hydrogen-bond donors (Lipinski definition) is 2. The Kier molecular flexibility index (Phi) is 7.16. The molecule has 0 aliphatic heterocycles. The van der Waals surface area contributed by atoms with Gasteiger partial charge in [0.25, 0.3) is 0 Å². The van der Waals surface area contributed by atoms with E-state index in [0.717, 1.165) is 29.4 Å². The molecule has 5 heteroatoms. The van der Waals surface area contributed by atoms with Crippen LogP contribution in [0.3, 0.4) is 0 Å². The molecule has 108 valence electrons. The summed E-state index contributed by atoms with van der Waals surface area (Å²) in [6, 6.07) is 5.48. The number of nitrogens with one attached hydrogen (secondary N) is 1. The molecule has 1 aromatic carbocycles. The van der Waals surface area contributed by atoms with Crippen molar-refractivity contribution in [1.29, 1.82) is 0 Å². The Balaban J connectivity index is 2.22. The molecule has 0 aromatic heterocycles. The van der Waals surface area contributed by atoms with Crippen LogP contribution in [0, 0.1) is 6.92 Å². The maximum atomic E-state index is 9.77. The molecule has 0 heterocycles. The molecular weight excluding hydrogens is 264 g/mol. The van der Waals surface area contributed by atoms with Crippen molar-refractivity contribution < 1.29 is 9.84 Å². The zero-order valence-corrected chi connectivity index (χ0v) is 12.6. The van der Waals surface area contributed by atoms with E-state index < -0.39 is 6.10 Å². The Morgan fingerprint density at radius 3 is 2.79 bits per heavy atom. The van der Waals surface area contributed by atoms with Gasteiger partial charge in [-0.3, -0.25) is 0 Å². The number of nitrogens with zero attached hydrogens (tertiary/aromatic N) is 1. The number of benzene rings is 1. The van der Waals surface area contributed by atoms with E-state index in [1.165, 1.54) is 0 Å². The lowest BCUT2D eigenvalue weighted by molar-refractivity contribution is 0.106. The summed E-state index contributed by atoms with van der Waals surface area (Å²) in [6.45, 7) is 4.53. The van der Waals surface area contributed by atoms with Gasteiger partial charge in [0.15, 0.2) is 0 Å². The number of aliphatic hydroxyl groups is 1. The van der Waals surface area contributed by atoms with E-state index in [1.807, 2.05) is 33.2 Å². The highest BCUT2D eigenvalue weighted by molar-refractivity contribution is 6.31. The minimum absolute atomic E-state index is 0.274. The second-order valence-electron chi connectivity index (χ2n) is 4.88. The Labute approximate surface area is 120 Å². The second kappa shape index (κ2) is 8.38. The van der Waals surface area contributed by atoms with Gasteiger partial charge in [-0.1, -0.05) is 11.6 Å². The maximum Gasteiger partial charge on any atom is 0.119 e. The van der Waals surface area contributed by atoms with Crippen molar-refractivity contribution in [3.05, 3.63) is 28.8 Å². The van der Waals surface area contributed by atoms with Crippen LogP contribution in [0.15, 0.2) is 18.2 Å². The summed E-state index contributed by atoms with van der Waals surface area (Å²) in [5.41, 5.74) is 0.970. The van der Waals surface area contributed by atoms with Crippen LogP contribution in [0.1, 0.15) is 5.56 Å². The normalized spacial score (nSPS) is 12.7.